The summed E-state index contributed by atoms with van der Waals surface area (Å²) in [5.41, 5.74) is 11.1. The predicted octanol–water partition coefficient (Wildman–Crippen LogP) is 5.42. The summed E-state index contributed by atoms with van der Waals surface area (Å²) in [4.78, 5) is 14.9. The second kappa shape index (κ2) is 9.02. The van der Waals surface area contributed by atoms with Gasteiger partial charge in [0.2, 0.25) is 5.91 Å². The zero-order valence-corrected chi connectivity index (χ0v) is 19.5. The van der Waals surface area contributed by atoms with Crippen LogP contribution in [0.1, 0.15) is 15.9 Å². The summed E-state index contributed by atoms with van der Waals surface area (Å²) in [6, 6.07) is 28.4. The van der Waals surface area contributed by atoms with E-state index in [0.29, 0.717) is 5.56 Å². The van der Waals surface area contributed by atoms with Crippen molar-refractivity contribution < 1.29 is 9.21 Å². The maximum atomic E-state index is 12.4. The van der Waals surface area contributed by atoms with Crippen molar-refractivity contribution in [2.45, 2.75) is 6.54 Å². The molecule has 1 fully saturated rings. The number of hydrogen-bond donors (Lipinski definition) is 2. The SMILES string of the molecule is NC(=O)c1ccc2ccccc2c1-c1ccccc1-c1cc2ccc(CN3CCNCC3)cc2o1. The van der Waals surface area contributed by atoms with E-state index in [0.717, 1.165) is 76.9 Å². The van der Waals surface area contributed by atoms with Crippen LogP contribution in [-0.4, -0.2) is 37.0 Å². The summed E-state index contributed by atoms with van der Waals surface area (Å²) >= 11 is 0. The minimum Gasteiger partial charge on any atom is -0.456 e. The van der Waals surface area contributed by atoms with Gasteiger partial charge < -0.3 is 15.5 Å². The molecule has 1 aliphatic heterocycles. The van der Waals surface area contributed by atoms with Crippen molar-refractivity contribution in [2.75, 3.05) is 26.2 Å². The summed E-state index contributed by atoms with van der Waals surface area (Å²) in [5.74, 6) is 0.334. The van der Waals surface area contributed by atoms with Crippen LogP contribution in [0.25, 0.3) is 44.2 Å². The minimum absolute atomic E-state index is 0.442. The standard InChI is InChI=1S/C30H27N3O2/c31-30(34)26-12-11-21-5-1-2-6-23(21)29(26)25-8-4-3-7-24(25)28-18-22-10-9-20(17-27(22)35-28)19-33-15-13-32-14-16-33/h1-12,17-18,32H,13-16,19H2,(H2,31,34). The Morgan fingerprint density at radius 2 is 1.60 bits per heavy atom. The largest absolute Gasteiger partial charge is 0.456 e. The molecule has 3 N–H and O–H groups in total. The lowest BCUT2D eigenvalue weighted by Crippen LogP contribution is -2.42. The Morgan fingerprint density at radius 1 is 0.857 bits per heavy atom. The Labute approximate surface area is 204 Å². The van der Waals surface area contributed by atoms with Gasteiger partial charge in [0.15, 0.2) is 0 Å². The third-order valence-electron chi connectivity index (χ3n) is 6.86. The number of amides is 1. The van der Waals surface area contributed by atoms with Crippen LogP contribution in [0.2, 0.25) is 0 Å². The van der Waals surface area contributed by atoms with Crippen molar-refractivity contribution in [1.29, 1.82) is 0 Å². The van der Waals surface area contributed by atoms with E-state index in [1.54, 1.807) is 0 Å². The third kappa shape index (κ3) is 4.09. The Kier molecular flexibility index (Phi) is 5.57. The van der Waals surface area contributed by atoms with Crippen LogP contribution >= 0.6 is 0 Å². The topological polar surface area (TPSA) is 71.5 Å². The van der Waals surface area contributed by atoms with Gasteiger partial charge in [-0.2, -0.15) is 0 Å². The first-order valence-electron chi connectivity index (χ1n) is 12.0. The molecule has 1 amide bonds. The second-order valence-electron chi connectivity index (χ2n) is 9.13. The predicted molar refractivity (Wildman–Crippen MR) is 141 cm³/mol. The molecule has 174 valence electrons. The molecule has 6 rings (SSSR count). The summed E-state index contributed by atoms with van der Waals surface area (Å²) in [6.07, 6.45) is 0. The van der Waals surface area contributed by atoms with E-state index < -0.39 is 5.91 Å². The van der Waals surface area contributed by atoms with Gasteiger partial charge in [-0.05, 0) is 40.1 Å². The number of piperazine rings is 1. The first-order chi connectivity index (χ1) is 17.2. The Hall–Kier alpha value is -3.93. The van der Waals surface area contributed by atoms with Crippen molar-refractivity contribution in [3.63, 3.8) is 0 Å². The molecular formula is C30H27N3O2. The van der Waals surface area contributed by atoms with Crippen molar-refractivity contribution in [1.82, 2.24) is 10.2 Å². The van der Waals surface area contributed by atoms with E-state index in [9.17, 15) is 4.79 Å². The number of furan rings is 1. The molecule has 5 nitrogen and oxygen atoms in total. The van der Waals surface area contributed by atoms with Crippen molar-refractivity contribution in [3.8, 4) is 22.5 Å². The van der Waals surface area contributed by atoms with Crippen molar-refractivity contribution >= 4 is 27.6 Å². The first-order valence-corrected chi connectivity index (χ1v) is 12.0. The van der Waals surface area contributed by atoms with Crippen LogP contribution in [0.3, 0.4) is 0 Å². The molecule has 0 saturated carbocycles. The van der Waals surface area contributed by atoms with E-state index in [1.807, 2.05) is 60.7 Å². The maximum Gasteiger partial charge on any atom is 0.249 e. The lowest BCUT2D eigenvalue weighted by molar-refractivity contribution is 0.100. The van der Waals surface area contributed by atoms with Crippen LogP contribution in [0.4, 0.5) is 0 Å². The smallest absolute Gasteiger partial charge is 0.249 e. The fraction of sp³-hybridized carbons (Fsp3) is 0.167. The number of carbonyl (C=O) groups is 1. The van der Waals surface area contributed by atoms with Crippen LogP contribution in [0.15, 0.2) is 89.3 Å². The molecular weight excluding hydrogens is 434 g/mol. The lowest BCUT2D eigenvalue weighted by Gasteiger charge is -2.27. The molecule has 5 heteroatoms. The molecule has 0 bridgehead atoms. The highest BCUT2D eigenvalue weighted by molar-refractivity contribution is 6.11. The van der Waals surface area contributed by atoms with E-state index in [-0.39, 0.29) is 0 Å². The molecule has 1 saturated heterocycles. The number of rotatable bonds is 5. The van der Waals surface area contributed by atoms with E-state index in [2.05, 4.69) is 34.5 Å². The molecule has 0 aliphatic carbocycles. The first kappa shape index (κ1) is 21.6. The summed E-state index contributed by atoms with van der Waals surface area (Å²) in [6.45, 7) is 5.10. The molecule has 0 radical (unpaired) electrons. The fourth-order valence-electron chi connectivity index (χ4n) is 5.12. The summed E-state index contributed by atoms with van der Waals surface area (Å²) in [5, 5.41) is 6.52. The van der Waals surface area contributed by atoms with Gasteiger partial charge in [0.05, 0.1) is 0 Å². The second-order valence-corrected chi connectivity index (χ2v) is 9.13. The van der Waals surface area contributed by atoms with Gasteiger partial charge in [0.25, 0.3) is 0 Å². The van der Waals surface area contributed by atoms with Gasteiger partial charge in [0.1, 0.15) is 11.3 Å². The van der Waals surface area contributed by atoms with E-state index >= 15 is 0 Å². The number of nitrogens with two attached hydrogens (primary N) is 1. The van der Waals surface area contributed by atoms with Gasteiger partial charge in [-0.25, -0.2) is 0 Å². The highest BCUT2D eigenvalue weighted by Gasteiger charge is 2.19. The number of carbonyl (C=O) groups excluding carboxylic acids is 1. The van der Waals surface area contributed by atoms with Crippen LogP contribution in [0, 0.1) is 0 Å². The summed E-state index contributed by atoms with van der Waals surface area (Å²) in [7, 11) is 0. The third-order valence-corrected chi connectivity index (χ3v) is 6.86. The van der Waals surface area contributed by atoms with Gasteiger partial charge in [-0.15, -0.1) is 0 Å². The lowest BCUT2D eigenvalue weighted by atomic mass is 9.89. The molecule has 0 unspecified atom stereocenters. The van der Waals surface area contributed by atoms with E-state index in [4.69, 9.17) is 10.2 Å². The van der Waals surface area contributed by atoms with Crippen LogP contribution in [0.5, 0.6) is 0 Å². The van der Waals surface area contributed by atoms with Gasteiger partial charge >= 0.3 is 0 Å². The van der Waals surface area contributed by atoms with Gasteiger partial charge in [0, 0.05) is 54.8 Å². The minimum atomic E-state index is -0.442. The van der Waals surface area contributed by atoms with Crippen molar-refractivity contribution in [2.24, 2.45) is 5.73 Å². The number of primary amides is 1. The summed E-state index contributed by atoms with van der Waals surface area (Å²) < 4.78 is 6.41. The van der Waals surface area contributed by atoms with Crippen LogP contribution < -0.4 is 11.1 Å². The highest BCUT2D eigenvalue weighted by atomic mass is 16.3. The molecule has 0 atom stereocenters. The number of nitrogens with one attached hydrogen (secondary N) is 1. The number of nitrogens with zero attached hydrogens (tertiary/aromatic N) is 1. The Bertz CT molecular complexity index is 1550. The zero-order valence-electron chi connectivity index (χ0n) is 19.5. The number of benzene rings is 4. The fourth-order valence-corrected chi connectivity index (χ4v) is 5.12. The molecule has 2 heterocycles. The molecule has 1 aliphatic rings. The quantitative estimate of drug-likeness (QED) is 0.366. The average molecular weight is 462 g/mol. The Balaban J connectivity index is 1.46. The molecule has 0 spiro atoms. The number of hydrogen-bond acceptors (Lipinski definition) is 4. The Morgan fingerprint density at radius 3 is 2.43 bits per heavy atom. The molecule has 4 aromatic carbocycles. The maximum absolute atomic E-state index is 12.4. The van der Waals surface area contributed by atoms with Crippen LogP contribution in [-0.2, 0) is 6.54 Å². The highest BCUT2D eigenvalue weighted by Crippen LogP contribution is 2.40. The molecule has 1 aromatic heterocycles. The van der Waals surface area contributed by atoms with Crippen molar-refractivity contribution in [3.05, 3.63) is 96.1 Å². The normalized spacial score (nSPS) is 14.5. The molecule has 35 heavy (non-hydrogen) atoms. The monoisotopic (exact) mass is 461 g/mol. The molecule has 5 aromatic rings. The van der Waals surface area contributed by atoms with Gasteiger partial charge in [-0.1, -0.05) is 66.7 Å². The average Bonchev–Trinajstić information content (AvgIpc) is 3.32. The number of fused-ring (bicyclic) bond motifs is 2. The zero-order chi connectivity index (χ0) is 23.8. The van der Waals surface area contributed by atoms with Gasteiger partial charge in [-0.3, -0.25) is 9.69 Å². The van der Waals surface area contributed by atoms with E-state index in [1.165, 1.54) is 5.56 Å².